The number of hydrogen-bond acceptors (Lipinski definition) is 5. The Bertz CT molecular complexity index is 852. The molecule has 1 aromatic carbocycles. The number of imide groups is 1. The van der Waals surface area contributed by atoms with Crippen LogP contribution in [-0.2, 0) is 9.53 Å². The van der Waals surface area contributed by atoms with E-state index < -0.39 is 12.2 Å². The molecule has 0 aromatic heterocycles. The van der Waals surface area contributed by atoms with Gasteiger partial charge in [-0.05, 0) is 30.7 Å². The third-order valence-corrected chi connectivity index (χ3v) is 5.57. The molecule has 148 valence electrons. The zero-order valence-corrected chi connectivity index (χ0v) is 16.7. The lowest BCUT2D eigenvalue weighted by Crippen LogP contribution is -2.64. The van der Waals surface area contributed by atoms with Gasteiger partial charge in [0, 0.05) is 24.2 Å². The summed E-state index contributed by atoms with van der Waals surface area (Å²) >= 11 is 5.95. The van der Waals surface area contributed by atoms with Gasteiger partial charge in [0.05, 0.1) is 6.20 Å². The molecule has 4 rings (SSSR count). The first kappa shape index (κ1) is 18.8. The van der Waals surface area contributed by atoms with Crippen molar-refractivity contribution in [1.29, 1.82) is 0 Å². The summed E-state index contributed by atoms with van der Waals surface area (Å²) in [6.07, 6.45) is 5.23. The largest absolute Gasteiger partial charge is 0.423 e. The van der Waals surface area contributed by atoms with Crippen LogP contribution in [0.15, 0.2) is 35.5 Å². The molecule has 1 saturated heterocycles. The molecule has 28 heavy (non-hydrogen) atoms. The highest BCUT2D eigenvalue weighted by molar-refractivity contribution is 6.30. The van der Waals surface area contributed by atoms with E-state index in [9.17, 15) is 9.59 Å². The molecule has 0 saturated carbocycles. The maximum absolute atomic E-state index is 13.1. The maximum Gasteiger partial charge on any atom is 0.328 e. The normalized spacial score (nSPS) is 23.5. The molecule has 1 aromatic rings. The van der Waals surface area contributed by atoms with Crippen LogP contribution in [0.5, 0.6) is 0 Å². The molecular weight excluding hydrogens is 380 g/mol. The van der Waals surface area contributed by atoms with E-state index in [1.54, 1.807) is 30.3 Å². The number of hydrogen-bond donors (Lipinski definition) is 0. The first-order chi connectivity index (χ1) is 13.5. The second kappa shape index (κ2) is 7.47. The lowest BCUT2D eigenvalue weighted by Gasteiger charge is -2.39. The number of carbonyl (C=O) groups is 2. The van der Waals surface area contributed by atoms with E-state index in [0.717, 1.165) is 31.2 Å². The number of aliphatic imine (C=N–C) groups is 1. The fourth-order valence-electron chi connectivity index (χ4n) is 3.73. The van der Waals surface area contributed by atoms with Crippen LogP contribution >= 0.6 is 11.6 Å². The van der Waals surface area contributed by atoms with Gasteiger partial charge < -0.3 is 9.64 Å². The van der Waals surface area contributed by atoms with Crippen LogP contribution in [0, 0.1) is 0 Å². The minimum absolute atomic E-state index is 0.222. The number of likely N-dealkylation sites (N-methyl/N-ethyl adjacent to an activating group) is 1. The number of nitrogens with zero attached hydrogens (tertiary/aromatic N) is 4. The summed E-state index contributed by atoms with van der Waals surface area (Å²) in [6.45, 7) is 2.56. The van der Waals surface area contributed by atoms with Crippen LogP contribution < -0.4 is 0 Å². The molecule has 3 aliphatic rings. The quantitative estimate of drug-likeness (QED) is 0.683. The molecule has 1 fully saturated rings. The highest BCUT2D eigenvalue weighted by Gasteiger charge is 2.53. The first-order valence-corrected chi connectivity index (χ1v) is 9.99. The highest BCUT2D eigenvalue weighted by Crippen LogP contribution is 2.35. The van der Waals surface area contributed by atoms with Crippen LogP contribution in [0.2, 0.25) is 5.02 Å². The Morgan fingerprint density at radius 3 is 2.61 bits per heavy atom. The molecule has 0 N–H and O–H groups in total. The first-order valence-electron chi connectivity index (χ1n) is 9.61. The van der Waals surface area contributed by atoms with Gasteiger partial charge in [-0.15, -0.1) is 0 Å². The molecule has 0 spiro atoms. The Hall–Kier alpha value is -2.54. The average molecular weight is 403 g/mol. The highest BCUT2D eigenvalue weighted by atomic mass is 35.5. The summed E-state index contributed by atoms with van der Waals surface area (Å²) in [6, 6.07) is 6.74. The van der Waals surface area contributed by atoms with Crippen molar-refractivity contribution in [2.45, 2.75) is 44.8 Å². The van der Waals surface area contributed by atoms with Crippen molar-refractivity contribution >= 4 is 35.3 Å². The lowest BCUT2D eigenvalue weighted by atomic mass is 10.1. The van der Waals surface area contributed by atoms with E-state index in [1.165, 1.54) is 9.80 Å². The van der Waals surface area contributed by atoms with Crippen LogP contribution in [0.1, 0.15) is 38.2 Å². The lowest BCUT2D eigenvalue weighted by molar-refractivity contribution is -0.136. The predicted molar refractivity (Wildman–Crippen MR) is 106 cm³/mol. The SMILES string of the molecule is CCCCCCN1C(=O)C2C(N=C3OC(c4ccc(Cl)cc4)=CN32)N(C)C1=O. The summed E-state index contributed by atoms with van der Waals surface area (Å²) in [7, 11) is 1.68. The number of carbonyl (C=O) groups excluding carboxylic acids is 2. The van der Waals surface area contributed by atoms with E-state index in [0.29, 0.717) is 23.3 Å². The van der Waals surface area contributed by atoms with Crippen molar-refractivity contribution in [3.63, 3.8) is 0 Å². The van der Waals surface area contributed by atoms with Gasteiger partial charge in [-0.3, -0.25) is 14.6 Å². The predicted octanol–water partition coefficient (Wildman–Crippen LogP) is 3.51. The fraction of sp³-hybridized carbons (Fsp3) is 0.450. The number of fused-ring (bicyclic) bond motifs is 3. The van der Waals surface area contributed by atoms with Crippen LogP contribution in [0.25, 0.3) is 5.76 Å². The monoisotopic (exact) mass is 402 g/mol. The van der Waals surface area contributed by atoms with E-state index in [4.69, 9.17) is 16.3 Å². The minimum Gasteiger partial charge on any atom is -0.423 e. The van der Waals surface area contributed by atoms with Gasteiger partial charge in [0.15, 0.2) is 18.0 Å². The zero-order chi connectivity index (χ0) is 19.8. The molecule has 3 aliphatic heterocycles. The Morgan fingerprint density at radius 1 is 1.14 bits per heavy atom. The number of ether oxygens (including phenoxy) is 1. The van der Waals surface area contributed by atoms with E-state index in [-0.39, 0.29) is 11.9 Å². The van der Waals surface area contributed by atoms with Crippen molar-refractivity contribution < 1.29 is 14.3 Å². The summed E-state index contributed by atoms with van der Waals surface area (Å²) in [5.74, 6) is 0.385. The number of unbranched alkanes of at least 4 members (excludes halogenated alkanes) is 3. The molecule has 0 bridgehead atoms. The van der Waals surface area contributed by atoms with Gasteiger partial charge in [-0.25, -0.2) is 9.79 Å². The van der Waals surface area contributed by atoms with Gasteiger partial charge >= 0.3 is 6.03 Å². The number of rotatable bonds is 6. The Balaban J connectivity index is 1.54. The summed E-state index contributed by atoms with van der Waals surface area (Å²) < 4.78 is 5.87. The van der Waals surface area contributed by atoms with Crippen LogP contribution in [0.3, 0.4) is 0 Å². The maximum atomic E-state index is 13.1. The Morgan fingerprint density at radius 2 is 1.89 bits per heavy atom. The van der Waals surface area contributed by atoms with Crippen LogP contribution in [-0.4, -0.2) is 58.5 Å². The smallest absolute Gasteiger partial charge is 0.328 e. The third-order valence-electron chi connectivity index (χ3n) is 5.32. The molecule has 3 amide bonds. The van der Waals surface area contributed by atoms with Crippen molar-refractivity contribution in [3.05, 3.63) is 41.1 Å². The number of benzene rings is 1. The van der Waals surface area contributed by atoms with Crippen LogP contribution in [0.4, 0.5) is 4.79 Å². The molecule has 2 atom stereocenters. The molecule has 2 unspecified atom stereocenters. The van der Waals surface area contributed by atoms with E-state index in [2.05, 4.69) is 11.9 Å². The summed E-state index contributed by atoms with van der Waals surface area (Å²) in [5, 5.41) is 0.640. The summed E-state index contributed by atoms with van der Waals surface area (Å²) in [5.41, 5.74) is 0.849. The molecule has 0 aliphatic carbocycles. The standard InChI is InChI=1S/C20H23ClN4O3/c1-3-4-5-6-11-24-18(26)16-17(23(2)20(24)27)22-19-25(16)12-15(28-19)13-7-9-14(21)10-8-13/h7-10,12,16-17H,3-6,11H2,1-2H3. The minimum atomic E-state index is -0.589. The summed E-state index contributed by atoms with van der Waals surface area (Å²) in [4.78, 5) is 34.9. The van der Waals surface area contributed by atoms with Gasteiger partial charge in [-0.1, -0.05) is 37.8 Å². The molecule has 7 nitrogen and oxygen atoms in total. The topological polar surface area (TPSA) is 65.5 Å². The van der Waals surface area contributed by atoms with Gasteiger partial charge in [0.1, 0.15) is 0 Å². The average Bonchev–Trinajstić information content (AvgIpc) is 3.24. The third kappa shape index (κ3) is 3.13. The van der Waals surface area contributed by atoms with E-state index >= 15 is 0 Å². The molecular formula is C20H23ClN4O3. The molecule has 0 radical (unpaired) electrons. The van der Waals surface area contributed by atoms with E-state index in [1.807, 2.05) is 12.1 Å². The zero-order valence-electron chi connectivity index (χ0n) is 16.0. The van der Waals surface area contributed by atoms with Crippen molar-refractivity contribution in [1.82, 2.24) is 14.7 Å². The second-order valence-electron chi connectivity index (χ2n) is 7.22. The number of halogens is 1. The fourth-order valence-corrected chi connectivity index (χ4v) is 3.86. The van der Waals surface area contributed by atoms with Gasteiger partial charge in [-0.2, -0.15) is 0 Å². The van der Waals surface area contributed by atoms with Gasteiger partial charge in [0.25, 0.3) is 11.9 Å². The number of amides is 3. The Kier molecular flexibility index (Phi) is 5.02. The second-order valence-corrected chi connectivity index (χ2v) is 7.66. The molecule has 3 heterocycles. The number of urea groups is 1. The number of amidine groups is 1. The van der Waals surface area contributed by atoms with Crippen molar-refractivity contribution in [3.8, 4) is 0 Å². The molecule has 8 heteroatoms. The van der Waals surface area contributed by atoms with Crippen molar-refractivity contribution in [2.75, 3.05) is 13.6 Å². The van der Waals surface area contributed by atoms with Gasteiger partial charge in [0.2, 0.25) is 0 Å². The Labute approximate surface area is 169 Å². The van der Waals surface area contributed by atoms with Crippen molar-refractivity contribution in [2.24, 2.45) is 4.99 Å².